The Labute approximate surface area is 126 Å². The highest BCUT2D eigenvalue weighted by Crippen LogP contribution is 2.31. The summed E-state index contributed by atoms with van der Waals surface area (Å²) in [7, 11) is 0. The molecule has 0 spiro atoms. The van der Waals surface area contributed by atoms with Crippen molar-refractivity contribution in [3.8, 4) is 0 Å². The molecule has 3 aromatic heterocycles. The Balaban J connectivity index is 2.20. The molecule has 0 aliphatic heterocycles. The molecular formula is C14H15ClN4S. The molecule has 0 saturated heterocycles. The Hall–Kier alpha value is -1.46. The van der Waals surface area contributed by atoms with E-state index in [4.69, 9.17) is 11.6 Å². The molecule has 6 heteroatoms. The molecule has 3 aromatic rings. The van der Waals surface area contributed by atoms with Crippen LogP contribution < -0.4 is 0 Å². The molecule has 0 aliphatic rings. The molecule has 0 bridgehead atoms. The van der Waals surface area contributed by atoms with Crippen LogP contribution in [0, 0.1) is 13.8 Å². The first-order valence-electron chi connectivity index (χ1n) is 6.43. The van der Waals surface area contributed by atoms with Crippen LogP contribution in [0.1, 0.15) is 34.4 Å². The predicted molar refractivity (Wildman–Crippen MR) is 82.5 cm³/mol. The summed E-state index contributed by atoms with van der Waals surface area (Å²) in [5, 5.41) is 1.08. The van der Waals surface area contributed by atoms with Crippen LogP contribution in [0.2, 0.25) is 0 Å². The Morgan fingerprint density at radius 2 is 2.15 bits per heavy atom. The van der Waals surface area contributed by atoms with Crippen molar-refractivity contribution in [2.24, 2.45) is 0 Å². The number of aryl methyl sites for hydroxylation is 2. The predicted octanol–water partition coefficient (Wildman–Crippen LogP) is 3.85. The SMILES string of the molecule is Cc1nc(C)c(C(C)n2c(CCl)nc3cccnc32)s1. The van der Waals surface area contributed by atoms with Crippen molar-refractivity contribution >= 4 is 34.1 Å². The highest BCUT2D eigenvalue weighted by atomic mass is 35.5. The van der Waals surface area contributed by atoms with E-state index in [9.17, 15) is 0 Å². The van der Waals surface area contributed by atoms with E-state index in [1.54, 1.807) is 17.5 Å². The van der Waals surface area contributed by atoms with Crippen LogP contribution in [-0.4, -0.2) is 19.5 Å². The highest BCUT2D eigenvalue weighted by Gasteiger charge is 2.21. The molecule has 1 atom stereocenters. The van der Waals surface area contributed by atoms with Gasteiger partial charge in [0.05, 0.1) is 27.5 Å². The zero-order valence-corrected chi connectivity index (χ0v) is 13.2. The second-order valence-corrected chi connectivity index (χ2v) is 6.24. The molecule has 0 saturated carbocycles. The monoisotopic (exact) mass is 306 g/mol. The smallest absolute Gasteiger partial charge is 0.160 e. The molecule has 0 amide bonds. The molecule has 0 aromatic carbocycles. The van der Waals surface area contributed by atoms with Crippen molar-refractivity contribution in [1.82, 2.24) is 19.5 Å². The van der Waals surface area contributed by atoms with Gasteiger partial charge in [-0.1, -0.05) is 0 Å². The van der Waals surface area contributed by atoms with Gasteiger partial charge in [-0.25, -0.2) is 15.0 Å². The van der Waals surface area contributed by atoms with Crippen LogP contribution in [-0.2, 0) is 5.88 Å². The van der Waals surface area contributed by atoms with Gasteiger partial charge in [0.1, 0.15) is 11.3 Å². The van der Waals surface area contributed by atoms with Crippen molar-refractivity contribution < 1.29 is 0 Å². The number of pyridine rings is 1. The maximum absolute atomic E-state index is 6.06. The van der Waals surface area contributed by atoms with Gasteiger partial charge in [-0.2, -0.15) is 0 Å². The Morgan fingerprint density at radius 3 is 2.80 bits per heavy atom. The van der Waals surface area contributed by atoms with Gasteiger partial charge in [0.2, 0.25) is 0 Å². The molecule has 3 rings (SSSR count). The number of imidazole rings is 1. The molecular weight excluding hydrogens is 292 g/mol. The topological polar surface area (TPSA) is 43.6 Å². The summed E-state index contributed by atoms with van der Waals surface area (Å²) in [5.74, 6) is 1.22. The van der Waals surface area contributed by atoms with Crippen molar-refractivity contribution in [2.75, 3.05) is 0 Å². The lowest BCUT2D eigenvalue weighted by molar-refractivity contribution is 0.634. The number of fused-ring (bicyclic) bond motifs is 1. The Morgan fingerprint density at radius 1 is 1.35 bits per heavy atom. The second kappa shape index (κ2) is 5.14. The van der Waals surface area contributed by atoms with Gasteiger partial charge in [0.15, 0.2) is 5.65 Å². The number of halogens is 1. The first-order valence-corrected chi connectivity index (χ1v) is 7.78. The van der Waals surface area contributed by atoms with Gasteiger partial charge < -0.3 is 4.57 Å². The summed E-state index contributed by atoms with van der Waals surface area (Å²) in [5.41, 5.74) is 2.83. The van der Waals surface area contributed by atoms with E-state index < -0.39 is 0 Å². The van der Waals surface area contributed by atoms with E-state index in [-0.39, 0.29) is 6.04 Å². The van der Waals surface area contributed by atoms with Crippen LogP contribution in [0.4, 0.5) is 0 Å². The maximum Gasteiger partial charge on any atom is 0.160 e. The highest BCUT2D eigenvalue weighted by molar-refractivity contribution is 7.11. The molecule has 104 valence electrons. The third-order valence-electron chi connectivity index (χ3n) is 3.35. The lowest BCUT2D eigenvalue weighted by Crippen LogP contribution is -2.10. The van der Waals surface area contributed by atoms with Crippen LogP contribution >= 0.6 is 22.9 Å². The van der Waals surface area contributed by atoms with Crippen LogP contribution in [0.25, 0.3) is 11.2 Å². The van der Waals surface area contributed by atoms with Crippen LogP contribution in [0.3, 0.4) is 0 Å². The first-order chi connectivity index (χ1) is 9.61. The zero-order valence-electron chi connectivity index (χ0n) is 11.6. The number of hydrogen-bond donors (Lipinski definition) is 0. The van der Waals surface area contributed by atoms with Gasteiger partial charge in [0.25, 0.3) is 0 Å². The van der Waals surface area contributed by atoms with Crippen LogP contribution in [0.15, 0.2) is 18.3 Å². The molecule has 4 nitrogen and oxygen atoms in total. The molecule has 20 heavy (non-hydrogen) atoms. The summed E-state index contributed by atoms with van der Waals surface area (Å²) in [6, 6.07) is 3.99. The van der Waals surface area contributed by atoms with E-state index in [1.165, 1.54) is 4.88 Å². The van der Waals surface area contributed by atoms with E-state index >= 15 is 0 Å². The fraction of sp³-hybridized carbons (Fsp3) is 0.357. The quantitative estimate of drug-likeness (QED) is 0.690. The van der Waals surface area contributed by atoms with Crippen molar-refractivity contribution in [2.45, 2.75) is 32.7 Å². The summed E-state index contributed by atoms with van der Waals surface area (Å²) in [4.78, 5) is 14.8. The molecule has 1 unspecified atom stereocenters. The standard InChI is InChI=1S/C14H15ClN4S/c1-8-13(20-10(3)17-8)9(2)19-12(7-15)18-11-5-4-6-16-14(11)19/h4-6,9H,7H2,1-3H3. The number of rotatable bonds is 3. The Bertz CT molecular complexity index is 762. The van der Waals surface area contributed by atoms with Gasteiger partial charge in [-0.3, -0.25) is 0 Å². The van der Waals surface area contributed by atoms with Gasteiger partial charge in [-0.15, -0.1) is 22.9 Å². The van der Waals surface area contributed by atoms with E-state index in [1.807, 2.05) is 26.0 Å². The largest absolute Gasteiger partial charge is 0.303 e. The summed E-state index contributed by atoms with van der Waals surface area (Å²) < 4.78 is 2.11. The van der Waals surface area contributed by atoms with E-state index in [2.05, 4.69) is 26.4 Å². The van der Waals surface area contributed by atoms with Crippen LogP contribution in [0.5, 0.6) is 0 Å². The minimum absolute atomic E-state index is 0.134. The maximum atomic E-state index is 6.06. The third kappa shape index (κ3) is 2.11. The number of alkyl halides is 1. The number of hydrogen-bond acceptors (Lipinski definition) is 4. The normalized spacial score (nSPS) is 13.0. The van der Waals surface area contributed by atoms with E-state index in [0.29, 0.717) is 5.88 Å². The van der Waals surface area contributed by atoms with Gasteiger partial charge >= 0.3 is 0 Å². The van der Waals surface area contributed by atoms with Crippen molar-refractivity contribution in [3.63, 3.8) is 0 Å². The zero-order chi connectivity index (χ0) is 14.3. The number of nitrogens with zero attached hydrogens (tertiary/aromatic N) is 4. The average molecular weight is 307 g/mol. The second-order valence-electron chi connectivity index (χ2n) is 4.74. The molecule has 0 radical (unpaired) electrons. The number of thiazole rings is 1. The van der Waals surface area contributed by atoms with Crippen molar-refractivity contribution in [3.05, 3.63) is 39.7 Å². The summed E-state index contributed by atoms with van der Waals surface area (Å²) >= 11 is 7.77. The third-order valence-corrected chi connectivity index (χ3v) is 4.83. The average Bonchev–Trinajstić information content (AvgIpc) is 2.97. The van der Waals surface area contributed by atoms with Crippen molar-refractivity contribution in [1.29, 1.82) is 0 Å². The minimum Gasteiger partial charge on any atom is -0.303 e. The number of aromatic nitrogens is 4. The van der Waals surface area contributed by atoms with Gasteiger partial charge in [0, 0.05) is 6.20 Å². The fourth-order valence-corrected chi connectivity index (χ4v) is 3.69. The van der Waals surface area contributed by atoms with Gasteiger partial charge in [-0.05, 0) is 32.9 Å². The Kier molecular flexibility index (Phi) is 3.48. The lowest BCUT2D eigenvalue weighted by Gasteiger charge is -2.15. The fourth-order valence-electron chi connectivity index (χ4n) is 2.53. The molecule has 0 aliphatic carbocycles. The minimum atomic E-state index is 0.134. The summed E-state index contributed by atoms with van der Waals surface area (Å²) in [6.45, 7) is 6.22. The molecule has 0 fully saturated rings. The van der Waals surface area contributed by atoms with E-state index in [0.717, 1.165) is 27.7 Å². The molecule has 0 N–H and O–H groups in total. The summed E-state index contributed by atoms with van der Waals surface area (Å²) in [6.07, 6.45) is 1.79. The first kappa shape index (κ1) is 13.5. The lowest BCUT2D eigenvalue weighted by atomic mass is 10.2. The molecule has 3 heterocycles.